The van der Waals surface area contributed by atoms with Crippen LogP contribution in [0.5, 0.6) is 5.75 Å². The van der Waals surface area contributed by atoms with Crippen molar-refractivity contribution in [1.29, 1.82) is 0 Å². The minimum atomic E-state index is -2.23. The molecule has 0 aromatic heterocycles. The van der Waals surface area contributed by atoms with Crippen LogP contribution in [0.2, 0.25) is 0 Å². The molecule has 1 radical (unpaired) electrons. The van der Waals surface area contributed by atoms with Gasteiger partial charge in [0.1, 0.15) is 7.32 Å². The Morgan fingerprint density at radius 2 is 1.64 bits per heavy atom. The normalized spacial score (nSPS) is 8.18. The molecule has 0 bridgehead atoms. The van der Waals surface area contributed by atoms with Gasteiger partial charge in [-0.25, -0.2) is 0 Å². The largest absolute Gasteiger partial charge is 0.860 e. The summed E-state index contributed by atoms with van der Waals surface area (Å²) in [4.78, 5) is 0. The Kier molecular flexibility index (Phi) is 5.28. The van der Waals surface area contributed by atoms with Gasteiger partial charge in [-0.2, -0.15) is 0 Å². The monoisotopic (exact) mass is 243 g/mol. The van der Waals surface area contributed by atoms with E-state index in [9.17, 15) is 10.0 Å². The van der Waals surface area contributed by atoms with Gasteiger partial charge in [-0.05, 0) is 12.1 Å². The van der Waals surface area contributed by atoms with Gasteiger partial charge in [-0.15, -0.1) is 0 Å². The van der Waals surface area contributed by atoms with E-state index in [2.05, 4.69) is 4.65 Å². The van der Waals surface area contributed by atoms with Crippen LogP contribution in [0, 0.1) is 0 Å². The Morgan fingerprint density at radius 3 is 2.09 bits per heavy atom. The topological polar surface area (TPSA) is 55.3 Å². The molecule has 0 fully saturated rings. The summed E-state index contributed by atoms with van der Waals surface area (Å²) in [6.45, 7) is 0. The third-order valence-corrected chi connectivity index (χ3v) is 0.976. The van der Waals surface area contributed by atoms with Crippen LogP contribution < -0.4 is 14.7 Å². The third-order valence-electron chi connectivity index (χ3n) is 0.976. The minimum Gasteiger partial charge on any atom is -0.860 e. The molecule has 0 aliphatic rings. The molecule has 0 saturated carbocycles. The SMILES string of the molecule is [Ag].[O-]B([O-])Oc1ccccc1. The van der Waals surface area contributed by atoms with Crippen LogP contribution in [-0.4, -0.2) is 7.32 Å². The van der Waals surface area contributed by atoms with E-state index in [1.54, 1.807) is 30.3 Å². The van der Waals surface area contributed by atoms with E-state index in [0.29, 0.717) is 5.75 Å². The fourth-order valence-electron chi connectivity index (χ4n) is 0.610. The second-order valence-electron chi connectivity index (χ2n) is 1.72. The van der Waals surface area contributed by atoms with Crippen molar-refractivity contribution in [2.75, 3.05) is 0 Å². The van der Waals surface area contributed by atoms with E-state index < -0.39 is 7.32 Å². The number of rotatable bonds is 2. The molecule has 3 nitrogen and oxygen atoms in total. The molecule has 11 heavy (non-hydrogen) atoms. The van der Waals surface area contributed by atoms with Crippen molar-refractivity contribution in [3.8, 4) is 5.75 Å². The first-order chi connectivity index (χ1) is 4.79. The van der Waals surface area contributed by atoms with Crippen LogP contribution >= 0.6 is 0 Å². The van der Waals surface area contributed by atoms with Crippen LogP contribution in [0.15, 0.2) is 30.3 Å². The average Bonchev–Trinajstić information content (AvgIpc) is 1.88. The molecule has 0 spiro atoms. The zero-order chi connectivity index (χ0) is 7.40. The summed E-state index contributed by atoms with van der Waals surface area (Å²) < 4.78 is 4.30. The summed E-state index contributed by atoms with van der Waals surface area (Å²) in [6, 6.07) is 8.28. The molecule has 1 rings (SSSR count). The molecule has 1 aromatic rings. The number of hydrogen-bond donors (Lipinski definition) is 0. The summed E-state index contributed by atoms with van der Waals surface area (Å²) >= 11 is 0. The first-order valence-electron chi connectivity index (χ1n) is 2.82. The van der Waals surface area contributed by atoms with E-state index in [4.69, 9.17) is 0 Å². The zero-order valence-corrected chi connectivity index (χ0v) is 6.97. The molecule has 0 aliphatic carbocycles. The van der Waals surface area contributed by atoms with Crippen LogP contribution in [0.25, 0.3) is 0 Å². The smallest absolute Gasteiger partial charge is 0.133 e. The molecule has 0 atom stereocenters. The Balaban J connectivity index is 0.000001000. The van der Waals surface area contributed by atoms with Crippen molar-refractivity contribution in [3.63, 3.8) is 0 Å². The van der Waals surface area contributed by atoms with Crippen molar-refractivity contribution < 1.29 is 37.1 Å². The molecule has 1 aromatic carbocycles. The van der Waals surface area contributed by atoms with Gasteiger partial charge in [-0.3, -0.25) is 0 Å². The number of benzene rings is 1. The number of hydrogen-bond acceptors (Lipinski definition) is 3. The predicted molar refractivity (Wildman–Crippen MR) is 32.8 cm³/mol. The van der Waals surface area contributed by atoms with Crippen LogP contribution in [0.4, 0.5) is 0 Å². The van der Waals surface area contributed by atoms with Crippen molar-refractivity contribution in [1.82, 2.24) is 0 Å². The summed E-state index contributed by atoms with van der Waals surface area (Å²) in [5, 5.41) is 19.8. The fraction of sp³-hybridized carbons (Fsp3) is 0. The summed E-state index contributed by atoms with van der Waals surface area (Å²) in [7, 11) is -2.23. The summed E-state index contributed by atoms with van der Waals surface area (Å²) in [5.41, 5.74) is 0. The van der Waals surface area contributed by atoms with Crippen LogP contribution in [0.1, 0.15) is 0 Å². The van der Waals surface area contributed by atoms with Crippen molar-refractivity contribution >= 4 is 7.32 Å². The molecule has 0 unspecified atom stereocenters. The van der Waals surface area contributed by atoms with Gasteiger partial charge in [0.05, 0.1) is 5.75 Å². The van der Waals surface area contributed by atoms with Gasteiger partial charge >= 0.3 is 0 Å². The van der Waals surface area contributed by atoms with Gasteiger partial charge in [-0.1, -0.05) is 18.2 Å². The van der Waals surface area contributed by atoms with Gasteiger partial charge in [0.2, 0.25) is 0 Å². The zero-order valence-electron chi connectivity index (χ0n) is 5.49. The molecule has 0 N–H and O–H groups in total. The van der Waals surface area contributed by atoms with Crippen molar-refractivity contribution in [2.45, 2.75) is 0 Å². The van der Waals surface area contributed by atoms with Gasteiger partial charge in [0.25, 0.3) is 0 Å². The van der Waals surface area contributed by atoms with Crippen molar-refractivity contribution in [2.24, 2.45) is 0 Å². The van der Waals surface area contributed by atoms with E-state index in [1.165, 1.54) is 0 Å². The molecule has 5 heteroatoms. The predicted octanol–water partition coefficient (Wildman–Crippen LogP) is -1.23. The maximum atomic E-state index is 9.92. The van der Waals surface area contributed by atoms with Gasteiger partial charge in [0, 0.05) is 22.4 Å². The van der Waals surface area contributed by atoms with E-state index >= 15 is 0 Å². The molecule has 0 saturated heterocycles. The first-order valence-corrected chi connectivity index (χ1v) is 2.82. The average molecular weight is 244 g/mol. The van der Waals surface area contributed by atoms with Crippen LogP contribution in [-0.2, 0) is 22.4 Å². The van der Waals surface area contributed by atoms with E-state index in [0.717, 1.165) is 0 Å². The van der Waals surface area contributed by atoms with Gasteiger partial charge < -0.3 is 14.7 Å². The van der Waals surface area contributed by atoms with Crippen LogP contribution in [0.3, 0.4) is 0 Å². The van der Waals surface area contributed by atoms with Gasteiger partial charge in [0.15, 0.2) is 0 Å². The van der Waals surface area contributed by atoms with Crippen molar-refractivity contribution in [3.05, 3.63) is 30.3 Å². The Morgan fingerprint density at radius 1 is 1.09 bits per heavy atom. The maximum absolute atomic E-state index is 9.92. The maximum Gasteiger partial charge on any atom is 0.133 e. The molecular weight excluding hydrogens is 239 g/mol. The minimum absolute atomic E-state index is 0. The Hall–Kier alpha value is -0.255. The Bertz CT molecular complexity index is 192. The fourth-order valence-corrected chi connectivity index (χ4v) is 0.610. The molecule has 0 aliphatic heterocycles. The molecule has 0 heterocycles. The second kappa shape index (κ2) is 5.40. The standard InChI is InChI=1S/C6H5BO3.Ag/c8-7(9)10-6-4-2-1-3-5-6;/h1-5H;/q-2;. The van der Waals surface area contributed by atoms with E-state index in [-0.39, 0.29) is 22.4 Å². The molecule has 63 valence electrons. The number of para-hydroxylation sites is 1. The second-order valence-corrected chi connectivity index (χ2v) is 1.72. The molecular formula is C6H5AgBO3-2. The Labute approximate surface area is 80.7 Å². The third kappa shape index (κ3) is 4.24. The van der Waals surface area contributed by atoms with E-state index in [1.807, 2.05) is 0 Å². The summed E-state index contributed by atoms with van der Waals surface area (Å²) in [5.74, 6) is 0.317. The quantitative estimate of drug-likeness (QED) is 0.612. The first kappa shape index (κ1) is 10.7. The molecule has 0 amide bonds. The summed E-state index contributed by atoms with van der Waals surface area (Å²) in [6.07, 6.45) is 0.